The Morgan fingerprint density at radius 3 is 2.30 bits per heavy atom. The molecule has 0 unspecified atom stereocenters. The summed E-state index contributed by atoms with van der Waals surface area (Å²) in [5.74, 6) is 0. The summed E-state index contributed by atoms with van der Waals surface area (Å²) in [5.41, 5.74) is 2.54. The highest BCUT2D eigenvalue weighted by molar-refractivity contribution is 9.10. The predicted molar refractivity (Wildman–Crippen MR) is 84.9 cm³/mol. The van der Waals surface area contributed by atoms with Crippen LogP contribution in [0.25, 0.3) is 0 Å². The first kappa shape index (κ1) is 15.2. The van der Waals surface area contributed by atoms with E-state index in [1.807, 2.05) is 55.5 Å². The molecular weight excluding hydrogens is 316 g/mol. The first-order chi connectivity index (χ1) is 9.61. The maximum absolute atomic E-state index is 9.91. The second kappa shape index (κ2) is 6.53. The third-order valence-corrected chi connectivity index (χ3v) is 4.25. The standard InChI is InChI=1S/C17H19BrO2/c1-13-5-2-3-8-16(13)17(11-19,12-20)10-14-6-4-7-15(18)9-14/h2-9,19-20H,10-12H2,1H3. The third-order valence-electron chi connectivity index (χ3n) is 3.75. The Balaban J connectivity index is 2.42. The van der Waals surface area contributed by atoms with Crippen LogP contribution in [0.3, 0.4) is 0 Å². The van der Waals surface area contributed by atoms with Gasteiger partial charge in [-0.15, -0.1) is 0 Å². The van der Waals surface area contributed by atoms with Gasteiger partial charge in [0.05, 0.1) is 13.2 Å². The molecule has 0 aliphatic carbocycles. The monoisotopic (exact) mass is 334 g/mol. The van der Waals surface area contributed by atoms with Gasteiger partial charge in [0.2, 0.25) is 0 Å². The van der Waals surface area contributed by atoms with Gasteiger partial charge >= 0.3 is 0 Å². The van der Waals surface area contributed by atoms with Crippen LogP contribution in [0.15, 0.2) is 53.0 Å². The van der Waals surface area contributed by atoms with Gasteiger partial charge in [0.25, 0.3) is 0 Å². The fourth-order valence-electron chi connectivity index (χ4n) is 2.63. The number of hydrogen-bond donors (Lipinski definition) is 2. The molecule has 0 aliphatic heterocycles. The third kappa shape index (κ3) is 3.11. The number of aliphatic hydroxyl groups is 2. The van der Waals surface area contributed by atoms with Crippen LogP contribution in [-0.2, 0) is 11.8 Å². The molecule has 0 heterocycles. The summed E-state index contributed by atoms with van der Waals surface area (Å²) in [7, 11) is 0. The average molecular weight is 335 g/mol. The van der Waals surface area contributed by atoms with Crippen molar-refractivity contribution in [2.24, 2.45) is 0 Å². The summed E-state index contributed by atoms with van der Waals surface area (Å²) in [6, 6.07) is 15.9. The van der Waals surface area contributed by atoms with Crippen molar-refractivity contribution in [3.8, 4) is 0 Å². The van der Waals surface area contributed by atoms with Crippen LogP contribution in [0.5, 0.6) is 0 Å². The smallest absolute Gasteiger partial charge is 0.0553 e. The molecule has 2 N–H and O–H groups in total. The summed E-state index contributed by atoms with van der Waals surface area (Å²) in [6.45, 7) is 1.85. The molecule has 2 aromatic rings. The lowest BCUT2D eigenvalue weighted by molar-refractivity contribution is 0.115. The molecule has 0 saturated carbocycles. The quantitative estimate of drug-likeness (QED) is 0.881. The van der Waals surface area contributed by atoms with Crippen molar-refractivity contribution < 1.29 is 10.2 Å². The van der Waals surface area contributed by atoms with E-state index >= 15 is 0 Å². The van der Waals surface area contributed by atoms with E-state index in [9.17, 15) is 10.2 Å². The van der Waals surface area contributed by atoms with Crippen LogP contribution in [0.2, 0.25) is 0 Å². The number of rotatable bonds is 5. The van der Waals surface area contributed by atoms with E-state index in [0.29, 0.717) is 6.42 Å². The van der Waals surface area contributed by atoms with Gasteiger partial charge in [0.15, 0.2) is 0 Å². The Kier molecular flexibility index (Phi) is 4.97. The van der Waals surface area contributed by atoms with Crippen molar-refractivity contribution in [2.45, 2.75) is 18.8 Å². The topological polar surface area (TPSA) is 40.5 Å². The molecule has 20 heavy (non-hydrogen) atoms. The van der Waals surface area contributed by atoms with Gasteiger partial charge in [-0.25, -0.2) is 0 Å². The molecule has 106 valence electrons. The minimum absolute atomic E-state index is 0.0825. The van der Waals surface area contributed by atoms with Crippen LogP contribution in [-0.4, -0.2) is 23.4 Å². The number of halogens is 1. The Labute approximate surface area is 128 Å². The second-order valence-corrected chi connectivity index (χ2v) is 6.13. The minimum Gasteiger partial charge on any atom is -0.395 e. The van der Waals surface area contributed by atoms with E-state index in [0.717, 1.165) is 21.2 Å². The predicted octanol–water partition coefficient (Wildman–Crippen LogP) is 3.22. The molecule has 0 atom stereocenters. The van der Waals surface area contributed by atoms with Crippen LogP contribution < -0.4 is 0 Å². The van der Waals surface area contributed by atoms with E-state index in [1.54, 1.807) is 0 Å². The van der Waals surface area contributed by atoms with Crippen molar-refractivity contribution in [1.29, 1.82) is 0 Å². The SMILES string of the molecule is Cc1ccccc1C(CO)(CO)Cc1cccc(Br)c1. The fourth-order valence-corrected chi connectivity index (χ4v) is 3.08. The highest BCUT2D eigenvalue weighted by atomic mass is 79.9. The van der Waals surface area contributed by atoms with E-state index in [1.165, 1.54) is 0 Å². The van der Waals surface area contributed by atoms with Crippen LogP contribution in [0, 0.1) is 6.92 Å². The molecule has 3 heteroatoms. The highest BCUT2D eigenvalue weighted by Crippen LogP contribution is 2.31. The second-order valence-electron chi connectivity index (χ2n) is 5.22. The zero-order chi connectivity index (χ0) is 14.6. The Morgan fingerprint density at radius 1 is 1.00 bits per heavy atom. The Bertz CT molecular complexity index is 577. The summed E-state index contributed by atoms with van der Waals surface area (Å²) in [6.07, 6.45) is 0.601. The lowest BCUT2D eigenvalue weighted by atomic mass is 9.75. The lowest BCUT2D eigenvalue weighted by Gasteiger charge is -2.32. The maximum atomic E-state index is 9.91. The van der Waals surface area contributed by atoms with Gasteiger partial charge in [-0.05, 0) is 42.2 Å². The van der Waals surface area contributed by atoms with E-state index in [4.69, 9.17) is 0 Å². The van der Waals surface area contributed by atoms with Crippen LogP contribution in [0.1, 0.15) is 16.7 Å². The average Bonchev–Trinajstić information content (AvgIpc) is 2.46. The maximum Gasteiger partial charge on any atom is 0.0553 e. The van der Waals surface area contributed by atoms with Gasteiger partial charge in [-0.3, -0.25) is 0 Å². The minimum atomic E-state index is -0.647. The molecule has 0 saturated heterocycles. The van der Waals surface area contributed by atoms with Crippen molar-refractivity contribution in [1.82, 2.24) is 0 Å². The molecule has 2 rings (SSSR count). The normalized spacial score (nSPS) is 11.6. The summed E-state index contributed by atoms with van der Waals surface area (Å²) >= 11 is 3.46. The molecule has 0 aliphatic rings. The molecule has 0 aromatic heterocycles. The van der Waals surface area contributed by atoms with Gasteiger partial charge in [-0.2, -0.15) is 0 Å². The molecule has 2 nitrogen and oxygen atoms in total. The van der Waals surface area contributed by atoms with E-state index < -0.39 is 5.41 Å². The van der Waals surface area contributed by atoms with E-state index in [-0.39, 0.29) is 13.2 Å². The fraction of sp³-hybridized carbons (Fsp3) is 0.294. The van der Waals surface area contributed by atoms with E-state index in [2.05, 4.69) is 15.9 Å². The first-order valence-corrected chi connectivity index (χ1v) is 7.43. The molecule has 0 bridgehead atoms. The van der Waals surface area contributed by atoms with Gasteiger partial charge in [-0.1, -0.05) is 52.3 Å². The number of aryl methyl sites for hydroxylation is 1. The van der Waals surface area contributed by atoms with Crippen molar-refractivity contribution >= 4 is 15.9 Å². The van der Waals surface area contributed by atoms with Crippen LogP contribution >= 0.6 is 15.9 Å². The summed E-state index contributed by atoms with van der Waals surface area (Å²) in [4.78, 5) is 0. The van der Waals surface area contributed by atoms with Gasteiger partial charge in [0.1, 0.15) is 0 Å². The molecule has 2 aromatic carbocycles. The zero-order valence-electron chi connectivity index (χ0n) is 11.5. The number of benzene rings is 2. The molecular formula is C17H19BrO2. The van der Waals surface area contributed by atoms with Crippen molar-refractivity contribution in [2.75, 3.05) is 13.2 Å². The van der Waals surface area contributed by atoms with Gasteiger partial charge in [0, 0.05) is 9.89 Å². The molecule has 0 amide bonds. The molecule has 0 fully saturated rings. The Hall–Kier alpha value is -1.16. The first-order valence-electron chi connectivity index (χ1n) is 6.63. The Morgan fingerprint density at radius 2 is 1.70 bits per heavy atom. The van der Waals surface area contributed by atoms with Crippen molar-refractivity contribution in [3.63, 3.8) is 0 Å². The van der Waals surface area contributed by atoms with Crippen LogP contribution in [0.4, 0.5) is 0 Å². The van der Waals surface area contributed by atoms with Gasteiger partial charge < -0.3 is 10.2 Å². The number of hydrogen-bond acceptors (Lipinski definition) is 2. The largest absolute Gasteiger partial charge is 0.395 e. The molecule has 0 spiro atoms. The summed E-state index contributed by atoms with van der Waals surface area (Å²) < 4.78 is 1.00. The highest BCUT2D eigenvalue weighted by Gasteiger charge is 2.32. The number of aliphatic hydroxyl groups excluding tert-OH is 2. The van der Waals surface area contributed by atoms with Crippen molar-refractivity contribution in [3.05, 3.63) is 69.7 Å². The molecule has 0 radical (unpaired) electrons. The lowest BCUT2D eigenvalue weighted by Crippen LogP contribution is -2.38. The summed E-state index contributed by atoms with van der Waals surface area (Å²) in [5, 5.41) is 19.8. The zero-order valence-corrected chi connectivity index (χ0v) is 13.1.